The molecule has 1 aliphatic carbocycles. The van der Waals surface area contributed by atoms with Crippen molar-refractivity contribution >= 4 is 11.6 Å². The summed E-state index contributed by atoms with van der Waals surface area (Å²) in [6, 6.07) is 19.1. The quantitative estimate of drug-likeness (QED) is 0.459. The fourth-order valence-electron chi connectivity index (χ4n) is 4.16. The molecule has 0 aliphatic heterocycles. The van der Waals surface area contributed by atoms with Crippen LogP contribution in [0.15, 0.2) is 83.0 Å². The maximum Gasteiger partial charge on any atom is 0.224 e. The van der Waals surface area contributed by atoms with E-state index in [-0.39, 0.29) is 23.4 Å². The maximum absolute atomic E-state index is 13.1. The van der Waals surface area contributed by atoms with Gasteiger partial charge in [0, 0.05) is 17.1 Å². The van der Waals surface area contributed by atoms with Crippen LogP contribution in [0.3, 0.4) is 0 Å². The number of hydrogen-bond acceptors (Lipinski definition) is 4. The lowest BCUT2D eigenvalue weighted by Gasteiger charge is -2.24. The molecule has 0 amide bonds. The molecule has 0 unspecified atom stereocenters. The van der Waals surface area contributed by atoms with E-state index in [0.29, 0.717) is 17.9 Å². The molecule has 0 fully saturated rings. The Bertz CT molecular complexity index is 1060. The molecule has 2 aromatic carbocycles. The molecule has 3 aromatic rings. The molecule has 4 nitrogen and oxygen atoms in total. The van der Waals surface area contributed by atoms with E-state index in [0.717, 1.165) is 28.9 Å². The van der Waals surface area contributed by atoms with Gasteiger partial charge in [-0.3, -0.25) is 9.59 Å². The molecule has 0 radical (unpaired) electrons. The lowest BCUT2D eigenvalue weighted by Crippen LogP contribution is -2.14. The maximum atomic E-state index is 13.1. The molecule has 4 rings (SSSR count). The van der Waals surface area contributed by atoms with Gasteiger partial charge < -0.3 is 9.15 Å². The number of rotatable bonds is 7. The summed E-state index contributed by atoms with van der Waals surface area (Å²) in [6.45, 7) is 4.14. The van der Waals surface area contributed by atoms with E-state index < -0.39 is 0 Å². The van der Waals surface area contributed by atoms with Crippen LogP contribution in [0.4, 0.5) is 0 Å². The summed E-state index contributed by atoms with van der Waals surface area (Å²) in [5.41, 5.74) is 3.57. The lowest BCUT2D eigenvalue weighted by molar-refractivity contribution is 0.0994. The number of hydrogen-bond donors (Lipinski definition) is 0. The normalized spacial score (nSPS) is 18.1. The average Bonchev–Trinajstić information content (AvgIpc) is 3.44. The van der Waals surface area contributed by atoms with E-state index in [1.54, 1.807) is 19.1 Å². The molecule has 1 heterocycles. The van der Waals surface area contributed by atoms with Crippen LogP contribution in [-0.4, -0.2) is 18.2 Å². The molecular formula is C26H24O4. The molecule has 0 saturated carbocycles. The van der Waals surface area contributed by atoms with Crippen LogP contribution in [0.2, 0.25) is 0 Å². The minimum Gasteiger partial charge on any atom is -0.494 e. The largest absolute Gasteiger partial charge is 0.494 e. The predicted octanol–water partition coefficient (Wildman–Crippen LogP) is 5.96. The van der Waals surface area contributed by atoms with Crippen LogP contribution in [0, 0.1) is 0 Å². The summed E-state index contributed by atoms with van der Waals surface area (Å²) < 4.78 is 10.9. The second-order valence-corrected chi connectivity index (χ2v) is 7.47. The lowest BCUT2D eigenvalue weighted by atomic mass is 9.79. The Kier molecular flexibility index (Phi) is 5.66. The SMILES string of the molecule is CCOc1ccc([C@H]2CC=C(C(=O)c3ccco3)[C@@H]2c2ccc(C(C)=O)cc2)cc1. The second-order valence-electron chi connectivity index (χ2n) is 7.47. The van der Waals surface area contributed by atoms with E-state index in [2.05, 4.69) is 12.1 Å². The zero-order valence-corrected chi connectivity index (χ0v) is 17.1. The summed E-state index contributed by atoms with van der Waals surface area (Å²) in [5.74, 6) is 1.13. The molecular weight excluding hydrogens is 376 g/mol. The van der Waals surface area contributed by atoms with Crippen molar-refractivity contribution in [1.29, 1.82) is 0 Å². The number of Topliss-reactive ketones (excluding diaryl/α,β-unsaturated/α-hetero) is 2. The van der Waals surface area contributed by atoms with Crippen LogP contribution in [0.1, 0.15) is 64.1 Å². The summed E-state index contributed by atoms with van der Waals surface area (Å²) in [7, 11) is 0. The Morgan fingerprint density at radius 2 is 1.70 bits per heavy atom. The van der Waals surface area contributed by atoms with Gasteiger partial charge in [0.15, 0.2) is 11.5 Å². The molecule has 4 heteroatoms. The minimum absolute atomic E-state index is 0.0264. The fourth-order valence-corrected chi connectivity index (χ4v) is 4.16. The van der Waals surface area contributed by atoms with Crippen LogP contribution in [0.5, 0.6) is 5.75 Å². The Hall–Kier alpha value is -3.40. The topological polar surface area (TPSA) is 56.5 Å². The average molecular weight is 400 g/mol. The number of carbonyl (C=O) groups is 2. The van der Waals surface area contributed by atoms with Gasteiger partial charge in [0.25, 0.3) is 0 Å². The van der Waals surface area contributed by atoms with Crippen molar-refractivity contribution in [2.75, 3.05) is 6.61 Å². The Balaban J connectivity index is 1.71. The number of allylic oxidation sites excluding steroid dienone is 2. The third-order valence-corrected chi connectivity index (χ3v) is 5.63. The fraction of sp³-hybridized carbons (Fsp3) is 0.231. The Labute approximate surface area is 176 Å². The van der Waals surface area contributed by atoms with Gasteiger partial charge in [-0.05, 0) is 61.6 Å². The summed E-state index contributed by atoms with van der Waals surface area (Å²) >= 11 is 0. The van der Waals surface area contributed by atoms with Gasteiger partial charge >= 0.3 is 0 Å². The van der Waals surface area contributed by atoms with Crippen LogP contribution in [-0.2, 0) is 0 Å². The Morgan fingerprint density at radius 3 is 2.30 bits per heavy atom. The molecule has 1 aliphatic rings. The van der Waals surface area contributed by atoms with Crippen molar-refractivity contribution < 1.29 is 18.7 Å². The van der Waals surface area contributed by atoms with Crippen molar-refractivity contribution in [3.63, 3.8) is 0 Å². The Morgan fingerprint density at radius 1 is 1.00 bits per heavy atom. The van der Waals surface area contributed by atoms with E-state index in [1.165, 1.54) is 6.26 Å². The highest BCUT2D eigenvalue weighted by atomic mass is 16.5. The first kappa shape index (κ1) is 19.9. The van der Waals surface area contributed by atoms with E-state index in [9.17, 15) is 9.59 Å². The van der Waals surface area contributed by atoms with E-state index in [1.807, 2.05) is 49.4 Å². The van der Waals surface area contributed by atoms with Crippen molar-refractivity contribution in [2.45, 2.75) is 32.1 Å². The summed E-state index contributed by atoms with van der Waals surface area (Å²) in [4.78, 5) is 24.8. The van der Waals surface area contributed by atoms with Gasteiger partial charge in [-0.1, -0.05) is 42.5 Å². The predicted molar refractivity (Wildman–Crippen MR) is 115 cm³/mol. The smallest absolute Gasteiger partial charge is 0.224 e. The molecule has 0 bridgehead atoms. The van der Waals surface area contributed by atoms with Gasteiger partial charge in [-0.15, -0.1) is 0 Å². The monoisotopic (exact) mass is 400 g/mol. The van der Waals surface area contributed by atoms with Gasteiger partial charge in [0.2, 0.25) is 5.78 Å². The number of carbonyl (C=O) groups excluding carboxylic acids is 2. The van der Waals surface area contributed by atoms with Gasteiger partial charge in [-0.2, -0.15) is 0 Å². The van der Waals surface area contributed by atoms with Crippen molar-refractivity contribution in [2.24, 2.45) is 0 Å². The first-order valence-electron chi connectivity index (χ1n) is 10.2. The third-order valence-electron chi connectivity index (χ3n) is 5.63. The number of ketones is 2. The van der Waals surface area contributed by atoms with E-state index >= 15 is 0 Å². The van der Waals surface area contributed by atoms with Crippen LogP contribution >= 0.6 is 0 Å². The first-order valence-corrected chi connectivity index (χ1v) is 10.2. The number of furan rings is 1. The molecule has 0 N–H and O–H groups in total. The van der Waals surface area contributed by atoms with Gasteiger partial charge in [-0.25, -0.2) is 0 Å². The highest BCUT2D eigenvalue weighted by molar-refractivity contribution is 6.08. The molecule has 0 saturated heterocycles. The zero-order chi connectivity index (χ0) is 21.1. The molecule has 2 atom stereocenters. The third kappa shape index (κ3) is 3.86. The summed E-state index contributed by atoms with van der Waals surface area (Å²) in [6.07, 6.45) is 4.30. The number of benzene rings is 2. The molecule has 152 valence electrons. The zero-order valence-electron chi connectivity index (χ0n) is 17.1. The highest BCUT2D eigenvalue weighted by Crippen LogP contribution is 2.47. The number of ether oxygens (including phenoxy) is 1. The van der Waals surface area contributed by atoms with E-state index in [4.69, 9.17) is 9.15 Å². The molecule has 30 heavy (non-hydrogen) atoms. The standard InChI is InChI=1S/C26H24O4/c1-3-29-21-12-10-19(11-13-21)22-14-15-23(26(28)24-5-4-16-30-24)25(22)20-8-6-18(7-9-20)17(2)27/h4-13,15-16,22,25H,3,14H2,1-2H3/t22-,25-/m1/s1. The minimum atomic E-state index is -0.110. The molecule has 0 spiro atoms. The van der Waals surface area contributed by atoms with Crippen molar-refractivity contribution in [3.05, 3.63) is 101 Å². The highest BCUT2D eigenvalue weighted by Gasteiger charge is 2.36. The van der Waals surface area contributed by atoms with Crippen molar-refractivity contribution in [3.8, 4) is 5.75 Å². The summed E-state index contributed by atoms with van der Waals surface area (Å²) in [5, 5.41) is 0. The van der Waals surface area contributed by atoms with Crippen LogP contribution < -0.4 is 4.74 Å². The van der Waals surface area contributed by atoms with Gasteiger partial charge in [0.1, 0.15) is 5.75 Å². The van der Waals surface area contributed by atoms with Crippen molar-refractivity contribution in [1.82, 2.24) is 0 Å². The molecule has 1 aromatic heterocycles. The van der Waals surface area contributed by atoms with Gasteiger partial charge in [0.05, 0.1) is 12.9 Å². The first-order chi connectivity index (χ1) is 14.6. The second kappa shape index (κ2) is 8.54. The van der Waals surface area contributed by atoms with Crippen LogP contribution in [0.25, 0.3) is 0 Å².